The van der Waals surface area contributed by atoms with Crippen LogP contribution in [0.15, 0.2) is 41.8 Å². The van der Waals surface area contributed by atoms with Gasteiger partial charge in [0.05, 0.1) is 12.5 Å². The van der Waals surface area contributed by atoms with Gasteiger partial charge in [0.25, 0.3) is 0 Å². The Morgan fingerprint density at radius 1 is 1.12 bits per heavy atom. The number of thiophene rings is 1. The maximum atomic E-state index is 12.4. The molecule has 1 aromatic carbocycles. The summed E-state index contributed by atoms with van der Waals surface area (Å²) >= 11 is 7.68. The van der Waals surface area contributed by atoms with Crippen LogP contribution in [0.2, 0.25) is 5.02 Å². The molecule has 25 heavy (non-hydrogen) atoms. The van der Waals surface area contributed by atoms with Gasteiger partial charge in [0, 0.05) is 16.4 Å². The second kappa shape index (κ2) is 9.37. The Morgan fingerprint density at radius 3 is 2.48 bits per heavy atom. The number of nitrogens with zero attached hydrogens (tertiary/aromatic N) is 1. The van der Waals surface area contributed by atoms with Crippen LogP contribution < -0.4 is 5.32 Å². The van der Waals surface area contributed by atoms with E-state index in [1.807, 2.05) is 24.3 Å². The van der Waals surface area contributed by atoms with Crippen molar-refractivity contribution in [1.82, 2.24) is 10.2 Å². The number of amides is 1. The zero-order chi connectivity index (χ0) is 17.5. The highest BCUT2D eigenvalue weighted by atomic mass is 35.5. The monoisotopic (exact) mass is 376 g/mol. The first kappa shape index (κ1) is 18.4. The number of benzene rings is 1. The van der Waals surface area contributed by atoms with Crippen LogP contribution in [-0.4, -0.2) is 30.4 Å². The Bertz CT molecular complexity index is 649. The van der Waals surface area contributed by atoms with E-state index in [4.69, 9.17) is 11.6 Å². The number of rotatable bonds is 6. The topological polar surface area (TPSA) is 32.3 Å². The van der Waals surface area contributed by atoms with Crippen molar-refractivity contribution in [3.63, 3.8) is 0 Å². The quantitative estimate of drug-likeness (QED) is 0.794. The molecule has 1 aliphatic rings. The van der Waals surface area contributed by atoms with Gasteiger partial charge >= 0.3 is 0 Å². The van der Waals surface area contributed by atoms with E-state index in [1.54, 1.807) is 11.3 Å². The minimum absolute atomic E-state index is 0.0682. The van der Waals surface area contributed by atoms with Crippen molar-refractivity contribution in [2.75, 3.05) is 19.6 Å². The van der Waals surface area contributed by atoms with Crippen molar-refractivity contribution >= 4 is 28.8 Å². The lowest BCUT2D eigenvalue weighted by atomic mass is 10.1. The zero-order valence-electron chi connectivity index (χ0n) is 14.4. The largest absolute Gasteiger partial charge is 0.354 e. The molecule has 3 rings (SSSR count). The summed E-state index contributed by atoms with van der Waals surface area (Å²) in [5, 5.41) is 5.96. The van der Waals surface area contributed by atoms with E-state index >= 15 is 0 Å². The highest BCUT2D eigenvalue weighted by molar-refractivity contribution is 7.10. The van der Waals surface area contributed by atoms with E-state index in [1.165, 1.54) is 30.6 Å². The Morgan fingerprint density at radius 2 is 1.84 bits per heavy atom. The lowest BCUT2D eigenvalue weighted by Gasteiger charge is -2.30. The molecule has 1 saturated heterocycles. The maximum Gasteiger partial charge on any atom is 0.224 e. The van der Waals surface area contributed by atoms with E-state index in [9.17, 15) is 4.79 Å². The van der Waals surface area contributed by atoms with Gasteiger partial charge in [-0.25, -0.2) is 0 Å². The van der Waals surface area contributed by atoms with Crippen molar-refractivity contribution in [3.8, 4) is 0 Å². The number of hydrogen-bond donors (Lipinski definition) is 1. The van der Waals surface area contributed by atoms with Gasteiger partial charge in [-0.05, 0) is 55.1 Å². The van der Waals surface area contributed by atoms with Gasteiger partial charge in [-0.2, -0.15) is 0 Å². The zero-order valence-corrected chi connectivity index (χ0v) is 16.0. The van der Waals surface area contributed by atoms with Gasteiger partial charge in [0.2, 0.25) is 5.91 Å². The van der Waals surface area contributed by atoms with Gasteiger partial charge in [-0.3, -0.25) is 9.69 Å². The second-order valence-corrected chi connectivity index (χ2v) is 8.00. The fraction of sp³-hybridized carbons (Fsp3) is 0.450. The summed E-state index contributed by atoms with van der Waals surface area (Å²) in [5.74, 6) is 0.0682. The third-order valence-corrected chi connectivity index (χ3v) is 5.95. The van der Waals surface area contributed by atoms with Crippen LogP contribution in [0.4, 0.5) is 0 Å². The average Bonchev–Trinajstić information content (AvgIpc) is 3.00. The maximum absolute atomic E-state index is 12.4. The van der Waals surface area contributed by atoms with E-state index in [-0.39, 0.29) is 11.9 Å². The summed E-state index contributed by atoms with van der Waals surface area (Å²) in [6.45, 7) is 2.91. The lowest BCUT2D eigenvalue weighted by Crippen LogP contribution is -2.38. The smallest absolute Gasteiger partial charge is 0.224 e. The Kier molecular flexibility index (Phi) is 6.91. The molecule has 0 saturated carbocycles. The first-order valence-electron chi connectivity index (χ1n) is 9.01. The van der Waals surface area contributed by atoms with Crippen molar-refractivity contribution in [2.45, 2.75) is 38.1 Å². The normalized spacial score (nSPS) is 17.0. The molecule has 1 aliphatic heterocycles. The SMILES string of the molecule is O=C(Cc1ccc(Cl)cc1)NC[C@H](c1cccs1)N1CCCCCC1. The Labute approximate surface area is 159 Å². The highest BCUT2D eigenvalue weighted by Crippen LogP contribution is 2.27. The van der Waals surface area contributed by atoms with Gasteiger partial charge in [0.1, 0.15) is 0 Å². The summed E-state index contributed by atoms with van der Waals surface area (Å²) in [7, 11) is 0. The first-order valence-corrected chi connectivity index (χ1v) is 10.3. The van der Waals surface area contributed by atoms with Crippen LogP contribution in [0.5, 0.6) is 0 Å². The van der Waals surface area contributed by atoms with Gasteiger partial charge in [-0.1, -0.05) is 42.6 Å². The molecule has 0 bridgehead atoms. The predicted octanol–water partition coefficient (Wildman–Crippen LogP) is 4.68. The van der Waals surface area contributed by atoms with Crippen molar-refractivity contribution in [3.05, 3.63) is 57.2 Å². The fourth-order valence-corrected chi connectivity index (χ4v) is 4.34. The number of carbonyl (C=O) groups excluding carboxylic acids is 1. The van der Waals surface area contributed by atoms with Crippen molar-refractivity contribution < 1.29 is 4.79 Å². The van der Waals surface area contributed by atoms with Crippen LogP contribution in [-0.2, 0) is 11.2 Å². The van der Waals surface area contributed by atoms with Gasteiger partial charge < -0.3 is 5.32 Å². The van der Waals surface area contributed by atoms with Crippen LogP contribution in [0.3, 0.4) is 0 Å². The Balaban J connectivity index is 1.60. The number of carbonyl (C=O) groups is 1. The molecule has 5 heteroatoms. The molecule has 1 amide bonds. The van der Waals surface area contributed by atoms with E-state index in [0.717, 1.165) is 18.7 Å². The summed E-state index contributed by atoms with van der Waals surface area (Å²) in [5.41, 5.74) is 0.990. The molecule has 3 nitrogen and oxygen atoms in total. The summed E-state index contributed by atoms with van der Waals surface area (Å²) in [4.78, 5) is 16.2. The van der Waals surface area contributed by atoms with E-state index < -0.39 is 0 Å². The standard InChI is InChI=1S/C20H25ClN2OS/c21-17-9-7-16(8-10-17)14-20(24)22-15-18(19-6-5-13-25-19)23-11-3-1-2-4-12-23/h5-10,13,18H,1-4,11-12,14-15H2,(H,22,24)/t18-/m1/s1. The van der Waals surface area contributed by atoms with Crippen LogP contribution in [0.25, 0.3) is 0 Å². The minimum Gasteiger partial charge on any atom is -0.354 e. The van der Waals surface area contributed by atoms with Crippen molar-refractivity contribution in [1.29, 1.82) is 0 Å². The van der Waals surface area contributed by atoms with Crippen LogP contribution in [0.1, 0.15) is 42.2 Å². The third-order valence-electron chi connectivity index (χ3n) is 4.72. The molecule has 1 atom stereocenters. The number of likely N-dealkylation sites (tertiary alicyclic amines) is 1. The summed E-state index contributed by atoms with van der Waals surface area (Å²) in [6.07, 6.45) is 5.53. The van der Waals surface area contributed by atoms with Crippen molar-refractivity contribution in [2.24, 2.45) is 0 Å². The molecular weight excluding hydrogens is 352 g/mol. The van der Waals surface area contributed by atoms with E-state index in [0.29, 0.717) is 18.0 Å². The predicted molar refractivity (Wildman–Crippen MR) is 105 cm³/mol. The molecule has 1 fully saturated rings. The van der Waals surface area contributed by atoms with Crippen LogP contribution >= 0.6 is 22.9 Å². The summed E-state index contributed by atoms with van der Waals surface area (Å²) < 4.78 is 0. The third kappa shape index (κ3) is 5.56. The van der Waals surface area contributed by atoms with Gasteiger partial charge in [-0.15, -0.1) is 11.3 Å². The second-order valence-electron chi connectivity index (χ2n) is 6.59. The Hall–Kier alpha value is -1.36. The molecule has 134 valence electrons. The minimum atomic E-state index is 0.0682. The number of halogens is 1. The molecule has 1 N–H and O–H groups in total. The molecule has 0 aliphatic carbocycles. The average molecular weight is 377 g/mol. The fourth-order valence-electron chi connectivity index (χ4n) is 3.36. The van der Waals surface area contributed by atoms with E-state index in [2.05, 4.69) is 27.7 Å². The molecular formula is C20H25ClN2OS. The van der Waals surface area contributed by atoms with Crippen LogP contribution in [0, 0.1) is 0 Å². The summed E-state index contributed by atoms with van der Waals surface area (Å²) in [6, 6.07) is 12.0. The molecule has 0 spiro atoms. The molecule has 0 unspecified atom stereocenters. The lowest BCUT2D eigenvalue weighted by molar-refractivity contribution is -0.120. The molecule has 1 aromatic heterocycles. The molecule has 2 heterocycles. The molecule has 2 aromatic rings. The highest BCUT2D eigenvalue weighted by Gasteiger charge is 2.22. The first-order chi connectivity index (χ1) is 12.2. The van der Waals surface area contributed by atoms with Gasteiger partial charge in [0.15, 0.2) is 0 Å². The number of hydrogen-bond acceptors (Lipinski definition) is 3. The molecule has 0 radical (unpaired) electrons. The number of nitrogens with one attached hydrogen (secondary N) is 1.